The van der Waals surface area contributed by atoms with E-state index >= 15 is 0 Å². The molecule has 1 aliphatic heterocycles. The molecule has 3 aromatic rings. The highest BCUT2D eigenvalue weighted by atomic mass is 32.2. The van der Waals surface area contributed by atoms with Gasteiger partial charge in [0.05, 0.1) is 30.2 Å². The van der Waals surface area contributed by atoms with Crippen molar-refractivity contribution in [3.05, 3.63) is 46.6 Å². The highest BCUT2D eigenvalue weighted by molar-refractivity contribution is 7.90. The summed E-state index contributed by atoms with van der Waals surface area (Å²) in [7, 11) is 0. The second-order valence-corrected chi connectivity index (χ2v) is 8.10. The molecule has 150 valence electrons. The molecule has 1 aliphatic rings. The molecule has 2 aromatic heterocycles. The van der Waals surface area contributed by atoms with Crippen LogP contribution >= 0.6 is 0 Å². The molecular formula is C19H18FN5O3S. The summed E-state index contributed by atoms with van der Waals surface area (Å²) in [4.78, 5) is 15.2. The largest absolute Gasteiger partial charge is 0.612 e. The third-order valence-electron chi connectivity index (χ3n) is 4.94. The average Bonchev–Trinajstić information content (AvgIpc) is 3.08. The molecule has 0 saturated carbocycles. The van der Waals surface area contributed by atoms with Crippen LogP contribution in [-0.4, -0.2) is 38.8 Å². The number of pyridine rings is 1. The number of anilines is 2. The normalized spacial score (nSPS) is 20.3. The molecule has 3 heterocycles. The van der Waals surface area contributed by atoms with Crippen molar-refractivity contribution in [1.82, 2.24) is 14.8 Å². The summed E-state index contributed by atoms with van der Waals surface area (Å²) in [5.74, 6) is -0.594. The number of benzene rings is 1. The van der Waals surface area contributed by atoms with Gasteiger partial charge in [-0.3, -0.25) is 9.48 Å². The second-order valence-electron chi connectivity index (χ2n) is 6.75. The van der Waals surface area contributed by atoms with Crippen LogP contribution in [0.2, 0.25) is 0 Å². The smallest absolute Gasteiger partial charge is 0.261 e. The lowest BCUT2D eigenvalue weighted by Gasteiger charge is -2.27. The van der Waals surface area contributed by atoms with E-state index in [1.807, 2.05) is 0 Å². The first-order valence-electron chi connectivity index (χ1n) is 8.97. The standard InChI is InChI=1S/C19H18FN5O3S/c1-29(27)16-8-12(2-3-13(16)20)23-18-17-14(4-6-22-19(17)26)25(24-18)15-10-28-7-5-11(15)9-21/h2-4,6,8,11,15H,5,7,10H2,1H3,(H,22,26)(H,23,24)/t11-,15+,29?/m1/s1. The van der Waals surface area contributed by atoms with Gasteiger partial charge in [0.15, 0.2) is 16.5 Å². The minimum atomic E-state index is -1.51. The minimum absolute atomic E-state index is 0.0536. The Balaban J connectivity index is 1.81. The lowest BCUT2D eigenvalue weighted by Crippen LogP contribution is -2.30. The maximum Gasteiger partial charge on any atom is 0.261 e. The van der Waals surface area contributed by atoms with Crippen LogP contribution in [0.3, 0.4) is 0 Å². The molecule has 0 aliphatic carbocycles. The van der Waals surface area contributed by atoms with Crippen LogP contribution in [0.25, 0.3) is 10.9 Å². The van der Waals surface area contributed by atoms with E-state index in [0.29, 0.717) is 36.2 Å². The Bertz CT molecular complexity index is 1150. The van der Waals surface area contributed by atoms with Crippen LogP contribution in [0.1, 0.15) is 12.5 Å². The molecule has 0 bridgehead atoms. The van der Waals surface area contributed by atoms with Crippen LogP contribution in [0.5, 0.6) is 0 Å². The van der Waals surface area contributed by atoms with Gasteiger partial charge < -0.3 is 19.6 Å². The Morgan fingerprint density at radius 2 is 2.31 bits per heavy atom. The molecule has 4 rings (SSSR count). The monoisotopic (exact) mass is 415 g/mol. The molecule has 1 fully saturated rings. The first kappa shape index (κ1) is 19.4. The SMILES string of the molecule is C[S+]([O-])c1cc(Nc2nn([C@H]3COCC[C@@H]3C#N)c3cc[nH]c(=O)c23)ccc1F. The third-order valence-corrected chi connectivity index (χ3v) is 5.87. The van der Waals surface area contributed by atoms with Crippen molar-refractivity contribution in [3.8, 4) is 6.07 Å². The van der Waals surface area contributed by atoms with Crippen molar-refractivity contribution in [2.75, 3.05) is 24.8 Å². The molecule has 1 unspecified atom stereocenters. The van der Waals surface area contributed by atoms with Gasteiger partial charge in [0.25, 0.3) is 5.56 Å². The van der Waals surface area contributed by atoms with E-state index in [1.54, 1.807) is 10.7 Å². The number of halogens is 1. The molecule has 1 saturated heterocycles. The Kier molecular flexibility index (Phi) is 5.27. The lowest BCUT2D eigenvalue weighted by molar-refractivity contribution is 0.0359. The Labute approximate surface area is 168 Å². The number of hydrogen-bond donors (Lipinski definition) is 2. The van der Waals surface area contributed by atoms with Crippen molar-refractivity contribution in [2.24, 2.45) is 5.92 Å². The number of H-pyrrole nitrogens is 1. The number of aromatic amines is 1. The van der Waals surface area contributed by atoms with E-state index in [0.717, 1.165) is 0 Å². The van der Waals surface area contributed by atoms with E-state index < -0.39 is 17.0 Å². The predicted octanol–water partition coefficient (Wildman–Crippen LogP) is 2.45. The summed E-state index contributed by atoms with van der Waals surface area (Å²) < 4.78 is 32.8. The van der Waals surface area contributed by atoms with Crippen molar-refractivity contribution in [2.45, 2.75) is 17.4 Å². The van der Waals surface area contributed by atoms with E-state index in [4.69, 9.17) is 4.74 Å². The predicted molar refractivity (Wildman–Crippen MR) is 106 cm³/mol. The van der Waals surface area contributed by atoms with Gasteiger partial charge in [-0.05, 0) is 35.8 Å². The van der Waals surface area contributed by atoms with Gasteiger partial charge in [-0.1, -0.05) is 0 Å². The van der Waals surface area contributed by atoms with E-state index in [9.17, 15) is 19.0 Å². The molecule has 0 amide bonds. The van der Waals surface area contributed by atoms with E-state index in [-0.39, 0.29) is 28.2 Å². The van der Waals surface area contributed by atoms with Gasteiger partial charge >= 0.3 is 0 Å². The summed E-state index contributed by atoms with van der Waals surface area (Å²) in [6, 6.07) is 7.80. The molecule has 10 heteroatoms. The van der Waals surface area contributed by atoms with Gasteiger partial charge in [-0.15, -0.1) is 0 Å². The second kappa shape index (κ2) is 7.87. The molecule has 29 heavy (non-hydrogen) atoms. The number of fused-ring (bicyclic) bond motifs is 1. The van der Waals surface area contributed by atoms with Crippen LogP contribution in [0, 0.1) is 23.1 Å². The fraction of sp³-hybridized carbons (Fsp3) is 0.316. The first-order valence-corrected chi connectivity index (χ1v) is 10.5. The third kappa shape index (κ3) is 3.60. The van der Waals surface area contributed by atoms with Gasteiger partial charge in [-0.25, -0.2) is 4.39 Å². The van der Waals surface area contributed by atoms with Crippen LogP contribution in [-0.2, 0) is 15.9 Å². The minimum Gasteiger partial charge on any atom is -0.612 e. The van der Waals surface area contributed by atoms with E-state index in [2.05, 4.69) is 21.5 Å². The Morgan fingerprint density at radius 1 is 1.48 bits per heavy atom. The Morgan fingerprint density at radius 3 is 3.07 bits per heavy atom. The zero-order valence-electron chi connectivity index (χ0n) is 15.5. The molecule has 8 nitrogen and oxygen atoms in total. The number of nitrogens with zero attached hydrogens (tertiary/aromatic N) is 3. The van der Waals surface area contributed by atoms with Crippen molar-refractivity contribution < 1.29 is 13.7 Å². The van der Waals surface area contributed by atoms with Crippen molar-refractivity contribution in [1.29, 1.82) is 5.26 Å². The van der Waals surface area contributed by atoms with Crippen LogP contribution in [0.15, 0.2) is 40.2 Å². The summed E-state index contributed by atoms with van der Waals surface area (Å²) in [5.41, 5.74) is 0.666. The number of hydrogen-bond acceptors (Lipinski definition) is 6. The fourth-order valence-corrected chi connectivity index (χ4v) is 4.13. The molecule has 0 radical (unpaired) electrons. The van der Waals surface area contributed by atoms with Crippen molar-refractivity contribution >= 4 is 33.6 Å². The molecular weight excluding hydrogens is 397 g/mol. The summed E-state index contributed by atoms with van der Waals surface area (Å²) in [6.45, 7) is 0.822. The van der Waals surface area contributed by atoms with Gasteiger partial charge in [0, 0.05) is 24.6 Å². The first-order chi connectivity index (χ1) is 14.0. The van der Waals surface area contributed by atoms with Crippen LogP contribution in [0.4, 0.5) is 15.9 Å². The molecule has 2 N–H and O–H groups in total. The summed E-state index contributed by atoms with van der Waals surface area (Å²) in [5, 5.41) is 17.4. The topological polar surface area (TPSA) is 119 Å². The van der Waals surface area contributed by atoms with Gasteiger partial charge in [0.1, 0.15) is 11.6 Å². The molecule has 3 atom stereocenters. The molecule has 0 spiro atoms. The van der Waals surface area contributed by atoms with Gasteiger partial charge in [-0.2, -0.15) is 10.4 Å². The number of aromatic nitrogens is 3. The van der Waals surface area contributed by atoms with E-state index in [1.165, 1.54) is 30.7 Å². The van der Waals surface area contributed by atoms with Crippen LogP contribution < -0.4 is 10.9 Å². The fourth-order valence-electron chi connectivity index (χ4n) is 3.49. The number of nitrogens with one attached hydrogen (secondary N) is 2. The van der Waals surface area contributed by atoms with Crippen molar-refractivity contribution in [3.63, 3.8) is 0 Å². The summed E-state index contributed by atoms with van der Waals surface area (Å²) in [6.07, 6.45) is 3.49. The maximum atomic E-state index is 13.9. The zero-order valence-corrected chi connectivity index (χ0v) is 16.3. The average molecular weight is 415 g/mol. The number of ether oxygens (including phenoxy) is 1. The number of rotatable bonds is 4. The Hall–Kier alpha value is -2.87. The summed E-state index contributed by atoms with van der Waals surface area (Å²) >= 11 is -1.51. The lowest BCUT2D eigenvalue weighted by atomic mass is 9.96. The maximum absolute atomic E-state index is 13.9. The highest BCUT2D eigenvalue weighted by Crippen LogP contribution is 2.32. The quantitative estimate of drug-likeness (QED) is 0.632. The number of nitriles is 1. The highest BCUT2D eigenvalue weighted by Gasteiger charge is 2.30. The zero-order chi connectivity index (χ0) is 20.5. The molecule has 1 aromatic carbocycles. The van der Waals surface area contributed by atoms with Gasteiger partial charge in [0.2, 0.25) is 0 Å².